The van der Waals surface area contributed by atoms with Gasteiger partial charge in [0, 0.05) is 32.3 Å². The molecule has 3 heterocycles. The van der Waals surface area contributed by atoms with Gasteiger partial charge in [-0.15, -0.1) is 0 Å². The van der Waals surface area contributed by atoms with E-state index in [2.05, 4.69) is 5.32 Å². The monoisotopic (exact) mass is 274 g/mol. The van der Waals surface area contributed by atoms with E-state index in [9.17, 15) is 8.42 Å². The molecule has 0 aromatic carbocycles. The smallest absolute Gasteiger partial charge is 0.217 e. The van der Waals surface area contributed by atoms with Gasteiger partial charge >= 0.3 is 0 Å². The maximum atomic E-state index is 12.6. The predicted molar refractivity (Wildman–Crippen MR) is 68.8 cm³/mol. The molecular weight excluding hydrogens is 252 g/mol. The molecule has 3 aliphatic rings. The SMILES string of the molecule is O=S(=O)(C1CCOCC1)N1CC2CCCNC2C1. The largest absolute Gasteiger partial charge is 0.381 e. The van der Waals surface area contributed by atoms with Crippen molar-refractivity contribution in [2.24, 2.45) is 5.92 Å². The molecule has 1 N–H and O–H groups in total. The van der Waals surface area contributed by atoms with Gasteiger partial charge in [-0.05, 0) is 38.1 Å². The van der Waals surface area contributed by atoms with Crippen molar-refractivity contribution in [1.29, 1.82) is 0 Å². The molecule has 5 nitrogen and oxygen atoms in total. The molecule has 0 aromatic heterocycles. The van der Waals surface area contributed by atoms with Crippen LogP contribution in [0, 0.1) is 5.92 Å². The van der Waals surface area contributed by atoms with Gasteiger partial charge in [-0.25, -0.2) is 8.42 Å². The Bertz CT molecular complexity index is 378. The minimum Gasteiger partial charge on any atom is -0.381 e. The fraction of sp³-hybridized carbons (Fsp3) is 1.00. The Morgan fingerprint density at radius 3 is 2.61 bits per heavy atom. The molecule has 2 unspecified atom stereocenters. The third kappa shape index (κ3) is 2.31. The number of hydrogen-bond donors (Lipinski definition) is 1. The van der Waals surface area contributed by atoms with Crippen molar-refractivity contribution >= 4 is 10.0 Å². The van der Waals surface area contributed by atoms with Gasteiger partial charge in [0.15, 0.2) is 0 Å². The number of ether oxygens (including phenoxy) is 1. The van der Waals surface area contributed by atoms with Crippen LogP contribution in [-0.4, -0.2) is 56.9 Å². The van der Waals surface area contributed by atoms with Crippen LogP contribution in [0.3, 0.4) is 0 Å². The summed E-state index contributed by atoms with van der Waals surface area (Å²) in [5.41, 5.74) is 0. The maximum Gasteiger partial charge on any atom is 0.217 e. The van der Waals surface area contributed by atoms with Crippen LogP contribution >= 0.6 is 0 Å². The van der Waals surface area contributed by atoms with Gasteiger partial charge in [-0.3, -0.25) is 0 Å². The van der Waals surface area contributed by atoms with Crippen LogP contribution in [0.4, 0.5) is 0 Å². The molecule has 3 fully saturated rings. The third-order valence-electron chi connectivity index (χ3n) is 4.52. The first-order valence-corrected chi connectivity index (χ1v) is 8.48. The van der Waals surface area contributed by atoms with Crippen molar-refractivity contribution in [3.8, 4) is 0 Å². The van der Waals surface area contributed by atoms with Crippen LogP contribution < -0.4 is 5.32 Å². The Labute approximate surface area is 109 Å². The van der Waals surface area contributed by atoms with Crippen molar-refractivity contribution in [2.45, 2.75) is 37.0 Å². The number of nitrogens with zero attached hydrogens (tertiary/aromatic N) is 1. The average molecular weight is 274 g/mol. The van der Waals surface area contributed by atoms with Gasteiger partial charge in [0.1, 0.15) is 0 Å². The van der Waals surface area contributed by atoms with Crippen molar-refractivity contribution in [3.05, 3.63) is 0 Å². The standard InChI is InChI=1S/C12H22N2O3S/c15-18(16,11-3-6-17-7-4-11)14-8-10-2-1-5-13-12(10)9-14/h10-13H,1-9H2. The van der Waals surface area contributed by atoms with Crippen molar-refractivity contribution in [1.82, 2.24) is 9.62 Å². The summed E-state index contributed by atoms with van der Waals surface area (Å²) in [6, 6.07) is 0.383. The Balaban J connectivity index is 1.70. The molecule has 0 saturated carbocycles. The van der Waals surface area contributed by atoms with E-state index in [0.717, 1.165) is 19.5 Å². The molecule has 6 heteroatoms. The second-order valence-electron chi connectivity index (χ2n) is 5.64. The van der Waals surface area contributed by atoms with E-state index in [1.807, 2.05) is 0 Å². The molecule has 3 rings (SSSR count). The number of sulfonamides is 1. The van der Waals surface area contributed by atoms with Gasteiger partial charge < -0.3 is 10.1 Å². The summed E-state index contributed by atoms with van der Waals surface area (Å²) in [5.74, 6) is 0.522. The highest BCUT2D eigenvalue weighted by molar-refractivity contribution is 7.89. The van der Waals surface area contributed by atoms with E-state index in [1.165, 1.54) is 6.42 Å². The Kier molecular flexibility index (Phi) is 3.62. The zero-order valence-electron chi connectivity index (χ0n) is 10.7. The van der Waals surface area contributed by atoms with E-state index in [-0.39, 0.29) is 5.25 Å². The predicted octanol–water partition coefficient (Wildman–Crippen LogP) is 0.179. The average Bonchev–Trinajstić information content (AvgIpc) is 2.84. The molecule has 2 atom stereocenters. The molecule has 0 aliphatic carbocycles. The fourth-order valence-corrected chi connectivity index (χ4v) is 5.38. The van der Waals surface area contributed by atoms with Crippen LogP contribution in [0.15, 0.2) is 0 Å². The highest BCUT2D eigenvalue weighted by Crippen LogP contribution is 2.30. The molecule has 0 amide bonds. The van der Waals surface area contributed by atoms with Crippen molar-refractivity contribution in [3.63, 3.8) is 0 Å². The van der Waals surface area contributed by atoms with Crippen LogP contribution in [0.5, 0.6) is 0 Å². The van der Waals surface area contributed by atoms with Gasteiger partial charge in [-0.2, -0.15) is 4.31 Å². The molecule has 0 bridgehead atoms. The van der Waals surface area contributed by atoms with Crippen LogP contribution in [-0.2, 0) is 14.8 Å². The molecule has 0 spiro atoms. The number of rotatable bonds is 2. The molecule has 0 aromatic rings. The quantitative estimate of drug-likeness (QED) is 0.780. The normalized spacial score (nSPS) is 35.6. The van der Waals surface area contributed by atoms with Gasteiger partial charge in [0.25, 0.3) is 0 Å². The fourth-order valence-electron chi connectivity index (χ4n) is 3.40. The van der Waals surface area contributed by atoms with Crippen molar-refractivity contribution in [2.75, 3.05) is 32.8 Å². The first-order valence-electron chi connectivity index (χ1n) is 6.98. The highest BCUT2D eigenvalue weighted by Gasteiger charge is 2.42. The molecule has 0 radical (unpaired) electrons. The zero-order valence-corrected chi connectivity index (χ0v) is 11.5. The summed E-state index contributed by atoms with van der Waals surface area (Å²) in [6.45, 7) is 3.60. The third-order valence-corrected chi connectivity index (χ3v) is 6.85. The van der Waals surface area contributed by atoms with E-state index < -0.39 is 10.0 Å². The Hall–Kier alpha value is -0.170. The number of hydrogen-bond acceptors (Lipinski definition) is 4. The zero-order chi connectivity index (χ0) is 12.6. The Morgan fingerprint density at radius 1 is 1.11 bits per heavy atom. The van der Waals surface area contributed by atoms with Crippen LogP contribution in [0.2, 0.25) is 0 Å². The lowest BCUT2D eigenvalue weighted by Gasteiger charge is -2.27. The van der Waals surface area contributed by atoms with Crippen molar-refractivity contribution < 1.29 is 13.2 Å². The van der Waals surface area contributed by atoms with Crippen LogP contribution in [0.1, 0.15) is 25.7 Å². The van der Waals surface area contributed by atoms with Gasteiger partial charge in [0.2, 0.25) is 10.0 Å². The molecule has 104 valence electrons. The minimum absolute atomic E-state index is 0.216. The molecule has 3 saturated heterocycles. The first-order chi connectivity index (χ1) is 8.68. The Morgan fingerprint density at radius 2 is 1.89 bits per heavy atom. The molecule has 18 heavy (non-hydrogen) atoms. The summed E-state index contributed by atoms with van der Waals surface area (Å²) in [6.07, 6.45) is 3.65. The van der Waals surface area contributed by atoms with Crippen LogP contribution in [0.25, 0.3) is 0 Å². The number of piperidine rings is 1. The summed E-state index contributed by atoms with van der Waals surface area (Å²) in [5, 5.41) is 3.24. The minimum atomic E-state index is -3.11. The topological polar surface area (TPSA) is 58.6 Å². The van der Waals surface area contributed by atoms with E-state index in [4.69, 9.17) is 4.74 Å². The molecule has 3 aliphatic heterocycles. The summed E-state index contributed by atoms with van der Waals surface area (Å²) >= 11 is 0. The summed E-state index contributed by atoms with van der Waals surface area (Å²) in [4.78, 5) is 0. The second kappa shape index (κ2) is 5.07. The lowest BCUT2D eigenvalue weighted by Crippen LogP contribution is -2.43. The summed E-state index contributed by atoms with van der Waals surface area (Å²) in [7, 11) is -3.11. The maximum absolute atomic E-state index is 12.6. The molecular formula is C12H22N2O3S. The van der Waals surface area contributed by atoms with E-state index in [1.54, 1.807) is 4.31 Å². The second-order valence-corrected chi connectivity index (χ2v) is 7.85. The number of nitrogens with one attached hydrogen (secondary N) is 1. The van der Waals surface area contributed by atoms with Gasteiger partial charge in [-0.1, -0.05) is 0 Å². The lowest BCUT2D eigenvalue weighted by atomic mass is 9.94. The van der Waals surface area contributed by atoms with Gasteiger partial charge in [0.05, 0.1) is 5.25 Å². The summed E-state index contributed by atoms with van der Waals surface area (Å²) < 4.78 is 32.1. The van der Waals surface area contributed by atoms with E-state index >= 15 is 0 Å². The lowest BCUT2D eigenvalue weighted by molar-refractivity contribution is 0.0973. The number of fused-ring (bicyclic) bond motifs is 1. The first kappa shape index (κ1) is 12.8. The highest BCUT2D eigenvalue weighted by atomic mass is 32.2. The van der Waals surface area contributed by atoms with E-state index in [0.29, 0.717) is 44.6 Å².